The SMILES string of the molecule is C1CC2(CCN1)OCCO2.CC.CC.[C-]#[N+]/N=C(/Oc1ccccc1)N1CCC2(CC1)OCCO2.[C-]#[N+]N=C(Oc1ccccc1)Oc1ccccc1. The van der Waals surface area contributed by atoms with Gasteiger partial charge in [-0.2, -0.15) is 13.1 Å². The molecule has 0 amide bonds. The molecule has 4 saturated heterocycles. The van der Waals surface area contributed by atoms with E-state index in [1.54, 1.807) is 24.3 Å². The zero-order chi connectivity index (χ0) is 38.0. The van der Waals surface area contributed by atoms with Gasteiger partial charge in [0.2, 0.25) is 0 Å². The van der Waals surface area contributed by atoms with Crippen molar-refractivity contribution in [1.29, 1.82) is 0 Å². The number of amidine groups is 1. The molecule has 3 aromatic carbocycles. The Labute approximate surface area is 314 Å². The second-order valence-corrected chi connectivity index (χ2v) is 11.1. The number of nitrogens with one attached hydrogen (secondary N) is 1. The van der Waals surface area contributed by atoms with Crippen LogP contribution in [0.3, 0.4) is 0 Å². The number of rotatable bonds is 3. The van der Waals surface area contributed by atoms with E-state index >= 15 is 0 Å². The quantitative estimate of drug-likeness (QED) is 0.126. The fourth-order valence-electron chi connectivity index (χ4n) is 5.48. The fourth-order valence-corrected chi connectivity index (χ4v) is 5.48. The molecule has 0 radical (unpaired) electrons. The van der Waals surface area contributed by atoms with Gasteiger partial charge in [0.25, 0.3) is 0 Å². The molecule has 53 heavy (non-hydrogen) atoms. The van der Waals surface area contributed by atoms with Gasteiger partial charge in [-0.05, 0) is 36.4 Å². The highest BCUT2D eigenvalue weighted by atomic mass is 16.7. The van der Waals surface area contributed by atoms with Crippen molar-refractivity contribution < 1.29 is 33.2 Å². The van der Waals surface area contributed by atoms with Crippen LogP contribution in [0.5, 0.6) is 17.2 Å². The molecule has 13 nitrogen and oxygen atoms in total. The van der Waals surface area contributed by atoms with Crippen LogP contribution in [-0.4, -0.2) is 81.2 Å². The van der Waals surface area contributed by atoms with E-state index in [9.17, 15) is 0 Å². The lowest BCUT2D eigenvalue weighted by Gasteiger charge is -2.37. The third-order valence-electron chi connectivity index (χ3n) is 7.90. The first-order valence-electron chi connectivity index (χ1n) is 18.2. The minimum atomic E-state index is -0.438. The summed E-state index contributed by atoms with van der Waals surface area (Å²) in [6.07, 6.45) is 3.42. The van der Waals surface area contributed by atoms with E-state index < -0.39 is 5.79 Å². The molecule has 0 aromatic heterocycles. The Bertz CT molecular complexity index is 1510. The number of benzene rings is 3. The minimum absolute atomic E-state index is 0.0950. The van der Waals surface area contributed by atoms with Crippen molar-refractivity contribution in [2.45, 2.75) is 65.0 Å². The van der Waals surface area contributed by atoms with Gasteiger partial charge in [-0.1, -0.05) is 82.3 Å². The molecule has 7 rings (SSSR count). The van der Waals surface area contributed by atoms with Gasteiger partial charge in [0.05, 0.1) is 26.4 Å². The van der Waals surface area contributed by atoms with Crippen LogP contribution >= 0.6 is 0 Å². The van der Waals surface area contributed by atoms with Gasteiger partial charge in [0, 0.05) is 51.9 Å². The van der Waals surface area contributed by atoms with Crippen LogP contribution in [-0.2, 0) is 18.9 Å². The predicted octanol–water partition coefficient (Wildman–Crippen LogP) is 7.59. The molecule has 2 spiro atoms. The third-order valence-corrected chi connectivity index (χ3v) is 7.90. The van der Waals surface area contributed by atoms with Crippen molar-refractivity contribution in [1.82, 2.24) is 10.2 Å². The molecule has 0 unspecified atom stereocenters. The summed E-state index contributed by atoms with van der Waals surface area (Å²) < 4.78 is 38.9. The normalized spacial score (nSPS) is 17.6. The fraction of sp³-hybridized carbons (Fsp3) is 0.450. The summed E-state index contributed by atoms with van der Waals surface area (Å²) in [4.78, 5) is 7.98. The number of hydrogen-bond acceptors (Lipinski definition) is 10. The molecule has 284 valence electrons. The highest BCUT2D eigenvalue weighted by Crippen LogP contribution is 2.32. The maximum Gasteiger partial charge on any atom is 0.475 e. The summed E-state index contributed by atoms with van der Waals surface area (Å²) in [5, 5.41) is 10.5. The van der Waals surface area contributed by atoms with Crippen LogP contribution in [0.4, 0.5) is 0 Å². The topological polar surface area (TPSA) is 113 Å². The molecule has 1 N–H and O–H groups in total. The Hall–Kier alpha value is -5.02. The van der Waals surface area contributed by atoms with Gasteiger partial charge < -0.3 is 43.4 Å². The van der Waals surface area contributed by atoms with Crippen LogP contribution < -0.4 is 19.5 Å². The van der Waals surface area contributed by atoms with Crippen molar-refractivity contribution in [2.24, 2.45) is 10.2 Å². The molecule has 0 saturated carbocycles. The highest BCUT2D eigenvalue weighted by Gasteiger charge is 2.41. The highest BCUT2D eigenvalue weighted by molar-refractivity contribution is 5.77. The lowest BCUT2D eigenvalue weighted by atomic mass is 10.0. The molecule has 4 aliphatic rings. The number of para-hydroxylation sites is 3. The van der Waals surface area contributed by atoms with E-state index in [0.717, 1.165) is 52.0 Å². The first kappa shape index (κ1) is 42.4. The van der Waals surface area contributed by atoms with Crippen molar-refractivity contribution in [3.05, 3.63) is 114 Å². The molecule has 4 fully saturated rings. The summed E-state index contributed by atoms with van der Waals surface area (Å²) in [6.45, 7) is 28.0. The molecule has 13 heteroatoms. The zero-order valence-electron chi connectivity index (χ0n) is 31.2. The summed E-state index contributed by atoms with van der Waals surface area (Å²) in [5.74, 6) is 1.18. The van der Waals surface area contributed by atoms with Gasteiger partial charge in [0.1, 0.15) is 22.3 Å². The van der Waals surface area contributed by atoms with Crippen molar-refractivity contribution in [3.8, 4) is 17.2 Å². The number of likely N-dealkylation sites (tertiary alicyclic amines) is 1. The first-order valence-corrected chi connectivity index (χ1v) is 18.2. The average Bonchev–Trinajstić information content (AvgIpc) is 3.88. The maximum atomic E-state index is 6.96. The van der Waals surface area contributed by atoms with Gasteiger partial charge >= 0.3 is 12.1 Å². The van der Waals surface area contributed by atoms with Crippen molar-refractivity contribution in [2.75, 3.05) is 52.6 Å². The minimum Gasteiger partial charge on any atom is -0.421 e. The Kier molecular flexibility index (Phi) is 19.4. The number of ether oxygens (including phenoxy) is 7. The van der Waals surface area contributed by atoms with Crippen LogP contribution in [0, 0.1) is 13.1 Å². The van der Waals surface area contributed by atoms with Gasteiger partial charge in [0.15, 0.2) is 16.7 Å². The Balaban J connectivity index is 0.000000214. The van der Waals surface area contributed by atoms with Crippen LogP contribution in [0.2, 0.25) is 0 Å². The largest absolute Gasteiger partial charge is 0.475 e. The Morgan fingerprint density at radius 2 is 0.962 bits per heavy atom. The number of piperidine rings is 2. The van der Waals surface area contributed by atoms with E-state index in [-0.39, 0.29) is 11.9 Å². The standard InChI is InChI=1S/C15H17N3O3.C14H10N2O2.C7H13NO2.2C2H6/c1-16-17-14(21-13-5-3-2-4-6-13)18-9-7-15(8-10-18)19-11-12-20-15;1-15-16-14(17-12-8-4-2-5-9-12)18-13-10-6-3-7-11-13;1-3-8-4-2-7(1)9-5-6-10-7;2*1-2/h2-6H,7-12H2;2-11H;8H,1-6H2;2*1-2H3/b17-14+;;;;. The van der Waals surface area contributed by atoms with E-state index in [0.29, 0.717) is 49.6 Å². The van der Waals surface area contributed by atoms with Gasteiger partial charge in [-0.3, -0.25) is 0 Å². The van der Waals surface area contributed by atoms with Crippen LogP contribution in [0.25, 0.3) is 9.91 Å². The summed E-state index contributed by atoms with van der Waals surface area (Å²) in [6, 6.07) is 27.8. The predicted molar refractivity (Wildman–Crippen MR) is 204 cm³/mol. The molecule has 0 aliphatic carbocycles. The summed E-state index contributed by atoms with van der Waals surface area (Å²) in [5.41, 5.74) is 0. The molecule has 0 bridgehead atoms. The zero-order valence-corrected chi connectivity index (χ0v) is 31.2. The second kappa shape index (κ2) is 24.3. The Morgan fingerprint density at radius 3 is 1.36 bits per heavy atom. The third kappa shape index (κ3) is 14.5. The van der Waals surface area contributed by atoms with Crippen molar-refractivity contribution in [3.63, 3.8) is 0 Å². The van der Waals surface area contributed by atoms with Crippen LogP contribution in [0.15, 0.2) is 101 Å². The Morgan fingerprint density at radius 1 is 0.585 bits per heavy atom. The van der Waals surface area contributed by atoms with Gasteiger partial charge in [-0.25, -0.2) is 0 Å². The molecule has 0 atom stereocenters. The summed E-state index contributed by atoms with van der Waals surface area (Å²) >= 11 is 0. The van der Waals surface area contributed by atoms with Crippen LogP contribution in [0.1, 0.15) is 53.4 Å². The molecule has 4 aliphatic heterocycles. The van der Waals surface area contributed by atoms with E-state index in [1.165, 1.54) is 0 Å². The number of nitrogens with zero attached hydrogens (tertiary/aromatic N) is 5. The first-order chi connectivity index (χ1) is 26.1. The van der Waals surface area contributed by atoms with E-state index in [4.69, 9.17) is 46.3 Å². The monoisotopic (exact) mass is 728 g/mol. The molecule has 4 heterocycles. The lowest BCUT2D eigenvalue weighted by molar-refractivity contribution is -0.181. The van der Waals surface area contributed by atoms with Gasteiger partial charge in [-0.15, -0.1) is 9.91 Å². The van der Waals surface area contributed by atoms with E-state index in [2.05, 4.69) is 25.4 Å². The second-order valence-electron chi connectivity index (χ2n) is 11.1. The lowest BCUT2D eigenvalue weighted by Crippen LogP contribution is -2.48. The smallest absolute Gasteiger partial charge is 0.421 e. The molecular formula is C40H52N6O7. The number of hydrogen-bond donors (Lipinski definition) is 1. The maximum absolute atomic E-state index is 6.96. The molecular weight excluding hydrogens is 676 g/mol. The molecule has 3 aromatic rings. The van der Waals surface area contributed by atoms with E-state index in [1.807, 2.05) is 99.3 Å². The summed E-state index contributed by atoms with van der Waals surface area (Å²) in [7, 11) is 0. The van der Waals surface area contributed by atoms with Crippen molar-refractivity contribution >= 4 is 12.1 Å². The average molecular weight is 729 g/mol.